The van der Waals surface area contributed by atoms with Crippen molar-refractivity contribution in [1.29, 1.82) is 0 Å². The molecule has 0 unspecified atom stereocenters. The predicted octanol–water partition coefficient (Wildman–Crippen LogP) is 2.66. The van der Waals surface area contributed by atoms with E-state index >= 15 is 0 Å². The standard InChI is InChI=1S/C18H21NO3.C11H17NO.ClH.H3O4P/c1-19-8-7-18-11-4-5-13(20)17(18)22-16-14(21-2)6-3-10(15(16)18)9-12(11)19;1-9(12(2)3)11(13)10-7-5-4-6-8-10;;1-5(2,3)4/h3-6,11-13,17,20H,7-9H2,1-2H3;4-9,11,13H,1-3H3;1H;(H3,1,2,3,4)/t11-,12+,13-,17-,18-;9-,11-;;/m00../s1. The van der Waals surface area contributed by atoms with E-state index in [1.807, 2.05) is 68.4 Å². The third kappa shape index (κ3) is 6.67. The number of hydrogen-bond donors (Lipinski definition) is 5. The summed E-state index contributed by atoms with van der Waals surface area (Å²) in [4.78, 5) is 26.0. The fourth-order valence-electron chi connectivity index (χ4n) is 6.60. The molecule has 6 rings (SSSR count). The van der Waals surface area contributed by atoms with Gasteiger partial charge in [-0.25, -0.2) is 4.57 Å². The monoisotopic (exact) mass is 612 g/mol. The first-order valence-electron chi connectivity index (χ1n) is 13.4. The lowest BCUT2D eigenvalue weighted by Gasteiger charge is -2.56. The number of likely N-dealkylation sites (tertiary alicyclic amines) is 1. The lowest BCUT2D eigenvalue weighted by Crippen LogP contribution is -2.64. The molecule has 0 radical (unpaired) electrons. The molecule has 2 aliphatic carbocycles. The van der Waals surface area contributed by atoms with Crippen molar-refractivity contribution < 1.29 is 38.9 Å². The number of aliphatic hydroxyl groups excluding tert-OH is 2. The van der Waals surface area contributed by atoms with Gasteiger partial charge >= 0.3 is 7.82 Å². The minimum atomic E-state index is -4.64. The van der Waals surface area contributed by atoms with Crippen LogP contribution in [0.1, 0.15) is 36.1 Å². The summed E-state index contributed by atoms with van der Waals surface area (Å²) in [6, 6.07) is 14.6. The fourth-order valence-corrected chi connectivity index (χ4v) is 6.60. The molecule has 41 heavy (non-hydrogen) atoms. The molecule has 2 bridgehead atoms. The molecule has 2 aromatic carbocycles. The van der Waals surface area contributed by atoms with Gasteiger partial charge in [0.25, 0.3) is 0 Å². The summed E-state index contributed by atoms with van der Waals surface area (Å²) >= 11 is 0. The summed E-state index contributed by atoms with van der Waals surface area (Å²) in [5, 5.41) is 20.5. The number of hydrogen-bond acceptors (Lipinski definition) is 7. The Balaban J connectivity index is 0.000000209. The van der Waals surface area contributed by atoms with Gasteiger partial charge in [0, 0.05) is 29.0 Å². The number of piperidine rings is 1. The van der Waals surface area contributed by atoms with Crippen LogP contribution in [0.5, 0.6) is 11.5 Å². The van der Waals surface area contributed by atoms with E-state index in [2.05, 4.69) is 24.1 Å². The summed E-state index contributed by atoms with van der Waals surface area (Å²) in [5.74, 6) is 2.09. The third-order valence-corrected chi connectivity index (χ3v) is 8.77. The maximum atomic E-state index is 10.6. The Hall–Kier alpha value is -1.98. The van der Waals surface area contributed by atoms with Crippen LogP contribution in [0.15, 0.2) is 54.6 Å². The first kappa shape index (κ1) is 33.5. The molecule has 228 valence electrons. The molecule has 2 aromatic rings. The number of nitrogens with zero attached hydrogens (tertiary/aromatic N) is 2. The van der Waals surface area contributed by atoms with Gasteiger partial charge in [-0.2, -0.15) is 0 Å². The highest BCUT2D eigenvalue weighted by atomic mass is 35.5. The number of phosphoric acid groups is 1. The molecule has 1 spiro atoms. The van der Waals surface area contributed by atoms with Gasteiger partial charge < -0.3 is 44.2 Å². The van der Waals surface area contributed by atoms with Crippen molar-refractivity contribution in [2.45, 2.75) is 55.6 Å². The number of rotatable bonds is 4. The molecular weight excluding hydrogens is 571 g/mol. The molecule has 7 atom stereocenters. The highest BCUT2D eigenvalue weighted by molar-refractivity contribution is 7.45. The van der Waals surface area contributed by atoms with Gasteiger partial charge in [0.1, 0.15) is 12.2 Å². The number of ether oxygens (including phenoxy) is 2. The Morgan fingerprint density at radius 3 is 2.34 bits per heavy atom. The Bertz CT molecular complexity index is 1250. The number of benzene rings is 2. The van der Waals surface area contributed by atoms with Crippen molar-refractivity contribution in [3.63, 3.8) is 0 Å². The van der Waals surface area contributed by atoms with E-state index in [9.17, 15) is 10.2 Å². The molecule has 1 fully saturated rings. The average Bonchev–Trinajstić information content (AvgIpc) is 3.26. The molecule has 2 heterocycles. The maximum Gasteiger partial charge on any atom is 0.466 e. The first-order chi connectivity index (χ1) is 18.8. The van der Waals surface area contributed by atoms with Crippen LogP contribution in [-0.4, -0.2) is 93.8 Å². The van der Waals surface area contributed by atoms with Gasteiger partial charge in [-0.3, -0.25) is 0 Å². The van der Waals surface area contributed by atoms with Crippen molar-refractivity contribution in [2.24, 2.45) is 5.92 Å². The minimum Gasteiger partial charge on any atom is -0.493 e. The largest absolute Gasteiger partial charge is 0.493 e. The molecular formula is C29H42ClN2O8P. The van der Waals surface area contributed by atoms with Crippen LogP contribution in [0.2, 0.25) is 0 Å². The highest BCUT2D eigenvalue weighted by Crippen LogP contribution is 2.62. The summed E-state index contributed by atoms with van der Waals surface area (Å²) in [5.41, 5.74) is 3.58. The Kier molecular flexibility index (Phi) is 10.7. The van der Waals surface area contributed by atoms with Gasteiger partial charge in [0.2, 0.25) is 0 Å². The molecule has 1 saturated heterocycles. The van der Waals surface area contributed by atoms with E-state index in [1.54, 1.807) is 7.11 Å². The summed E-state index contributed by atoms with van der Waals surface area (Å²) in [6.45, 7) is 3.06. The topological polar surface area (TPSA) is 143 Å². The number of methoxy groups -OCH3 is 1. The average molecular weight is 613 g/mol. The Labute approximate surface area is 247 Å². The molecule has 4 aliphatic rings. The van der Waals surface area contributed by atoms with E-state index in [-0.39, 0.29) is 30.0 Å². The lowest BCUT2D eigenvalue weighted by atomic mass is 9.53. The van der Waals surface area contributed by atoms with Crippen LogP contribution < -0.4 is 9.47 Å². The van der Waals surface area contributed by atoms with Gasteiger partial charge in [-0.1, -0.05) is 48.6 Å². The Morgan fingerprint density at radius 2 is 1.76 bits per heavy atom. The molecule has 12 heteroatoms. The SMILES string of the molecule is COc1ccc2c3c1O[C@H]1[C@@H](O)C=C[C@H]4[C@@H](C2)N(C)CC[C@@]341.C[C@@H]([C@H](O)c1ccccc1)N(C)C.Cl.O=P(O)(O)O. The van der Waals surface area contributed by atoms with Gasteiger partial charge in [-0.15, -0.1) is 12.4 Å². The summed E-state index contributed by atoms with van der Waals surface area (Å²) < 4.78 is 20.7. The van der Waals surface area contributed by atoms with Crippen LogP contribution in [-0.2, 0) is 16.4 Å². The summed E-state index contributed by atoms with van der Waals surface area (Å²) in [6.07, 6.45) is 5.13. The second-order valence-electron chi connectivity index (χ2n) is 11.2. The zero-order valence-electron chi connectivity index (χ0n) is 24.0. The van der Waals surface area contributed by atoms with Crippen LogP contribution in [0.4, 0.5) is 0 Å². The third-order valence-electron chi connectivity index (χ3n) is 8.77. The molecule has 2 aliphatic heterocycles. The number of aliphatic hydroxyl groups is 2. The lowest BCUT2D eigenvalue weighted by molar-refractivity contribution is -0.0453. The van der Waals surface area contributed by atoms with Gasteiger partial charge in [0.15, 0.2) is 11.5 Å². The number of likely N-dealkylation sites (N-methyl/N-ethyl adjacent to an activating group) is 2. The quantitative estimate of drug-likeness (QED) is 0.258. The maximum absolute atomic E-state index is 10.6. The van der Waals surface area contributed by atoms with E-state index in [4.69, 9.17) is 28.7 Å². The van der Waals surface area contributed by atoms with Crippen molar-refractivity contribution in [1.82, 2.24) is 9.80 Å². The van der Waals surface area contributed by atoms with E-state index in [0.29, 0.717) is 12.0 Å². The van der Waals surface area contributed by atoms with E-state index in [0.717, 1.165) is 36.4 Å². The van der Waals surface area contributed by atoms with Crippen LogP contribution >= 0.6 is 20.2 Å². The van der Waals surface area contributed by atoms with Crippen LogP contribution in [0.25, 0.3) is 0 Å². The molecule has 10 nitrogen and oxygen atoms in total. The fraction of sp³-hybridized carbons (Fsp3) is 0.517. The highest BCUT2D eigenvalue weighted by Gasteiger charge is 2.64. The van der Waals surface area contributed by atoms with Gasteiger partial charge in [0.05, 0.1) is 13.2 Å². The molecule has 0 saturated carbocycles. The summed E-state index contributed by atoms with van der Waals surface area (Å²) in [7, 11) is 3.21. The number of halogens is 1. The predicted molar refractivity (Wildman–Crippen MR) is 159 cm³/mol. The van der Waals surface area contributed by atoms with Crippen LogP contribution in [0, 0.1) is 5.92 Å². The molecule has 5 N–H and O–H groups in total. The van der Waals surface area contributed by atoms with Gasteiger partial charge in [-0.05, 0) is 64.6 Å². The zero-order chi connectivity index (χ0) is 29.4. The Morgan fingerprint density at radius 1 is 1.12 bits per heavy atom. The van der Waals surface area contributed by atoms with E-state index < -0.39 is 20.0 Å². The first-order valence-corrected chi connectivity index (χ1v) is 15.0. The van der Waals surface area contributed by atoms with Crippen molar-refractivity contribution in [3.8, 4) is 11.5 Å². The molecule has 0 amide bonds. The van der Waals surface area contributed by atoms with E-state index in [1.165, 1.54) is 11.1 Å². The van der Waals surface area contributed by atoms with Crippen molar-refractivity contribution in [3.05, 3.63) is 71.3 Å². The zero-order valence-corrected chi connectivity index (χ0v) is 25.7. The normalized spacial score (nSPS) is 28.5. The van der Waals surface area contributed by atoms with Crippen molar-refractivity contribution >= 4 is 20.2 Å². The smallest absolute Gasteiger partial charge is 0.466 e. The molecule has 0 aromatic heterocycles. The minimum absolute atomic E-state index is 0. The second kappa shape index (κ2) is 13.1. The second-order valence-corrected chi connectivity index (χ2v) is 12.2. The van der Waals surface area contributed by atoms with Crippen molar-refractivity contribution in [2.75, 3.05) is 34.8 Å². The van der Waals surface area contributed by atoms with Crippen LogP contribution in [0.3, 0.4) is 0 Å².